The molecular formula is C16H13NO7. The van der Waals surface area contributed by atoms with Crippen molar-refractivity contribution in [2.75, 3.05) is 0 Å². The molecule has 2 aromatic rings. The number of nitro groups is 1. The largest absolute Gasteiger partial charge is 0.514 e. The van der Waals surface area contributed by atoms with Crippen LogP contribution in [0.25, 0.3) is 0 Å². The summed E-state index contributed by atoms with van der Waals surface area (Å²) in [4.78, 5) is 32.8. The summed E-state index contributed by atoms with van der Waals surface area (Å²) in [6.45, 7) is 0. The highest BCUT2D eigenvalue weighted by Crippen LogP contribution is 2.18. The first-order chi connectivity index (χ1) is 11.5. The number of aliphatic carboxylic acids is 1. The summed E-state index contributed by atoms with van der Waals surface area (Å²) in [5.74, 6) is -1.30. The fraction of sp³-hybridized carbons (Fsp3) is 0.125. The molecule has 0 aromatic heterocycles. The number of benzene rings is 2. The lowest BCUT2D eigenvalue weighted by molar-refractivity contribution is -0.384. The van der Waals surface area contributed by atoms with Gasteiger partial charge in [0.05, 0.1) is 4.92 Å². The predicted octanol–water partition coefficient (Wildman–Crippen LogP) is 2.81. The number of non-ortho nitro benzene ring substituents is 1. The van der Waals surface area contributed by atoms with Crippen molar-refractivity contribution in [1.82, 2.24) is 0 Å². The maximum atomic E-state index is 11.7. The smallest absolute Gasteiger partial charge is 0.478 e. The molecule has 2 rings (SSSR count). The molecule has 2 aromatic carbocycles. The average Bonchev–Trinajstić information content (AvgIpc) is 2.55. The van der Waals surface area contributed by atoms with E-state index >= 15 is 0 Å². The van der Waals surface area contributed by atoms with Crippen LogP contribution in [-0.2, 0) is 16.0 Å². The molecule has 124 valence electrons. The highest BCUT2D eigenvalue weighted by Gasteiger charge is 2.24. The van der Waals surface area contributed by atoms with Gasteiger partial charge in [-0.2, -0.15) is 0 Å². The molecule has 0 amide bonds. The van der Waals surface area contributed by atoms with Crippen LogP contribution in [0, 0.1) is 10.1 Å². The normalized spacial score (nSPS) is 11.3. The summed E-state index contributed by atoms with van der Waals surface area (Å²) >= 11 is 0. The van der Waals surface area contributed by atoms with E-state index in [-0.39, 0.29) is 17.9 Å². The van der Waals surface area contributed by atoms with Gasteiger partial charge in [-0.3, -0.25) is 10.1 Å². The number of hydrogen-bond acceptors (Lipinski definition) is 6. The molecule has 0 saturated carbocycles. The van der Waals surface area contributed by atoms with Crippen LogP contribution in [0.4, 0.5) is 10.5 Å². The maximum Gasteiger partial charge on any atom is 0.514 e. The topological polar surface area (TPSA) is 116 Å². The maximum absolute atomic E-state index is 11.7. The number of carbonyl (C=O) groups excluding carboxylic acids is 1. The zero-order valence-electron chi connectivity index (χ0n) is 12.3. The fourth-order valence-electron chi connectivity index (χ4n) is 1.88. The second-order valence-corrected chi connectivity index (χ2v) is 4.74. The van der Waals surface area contributed by atoms with Gasteiger partial charge in [-0.1, -0.05) is 30.3 Å². The van der Waals surface area contributed by atoms with Gasteiger partial charge >= 0.3 is 12.1 Å². The van der Waals surface area contributed by atoms with E-state index in [0.717, 1.165) is 12.1 Å². The van der Waals surface area contributed by atoms with Gasteiger partial charge in [-0.25, -0.2) is 9.59 Å². The van der Waals surface area contributed by atoms with E-state index in [4.69, 9.17) is 14.6 Å². The molecule has 8 nitrogen and oxygen atoms in total. The van der Waals surface area contributed by atoms with Gasteiger partial charge in [-0.15, -0.1) is 0 Å². The molecular weight excluding hydrogens is 318 g/mol. The van der Waals surface area contributed by atoms with E-state index in [2.05, 4.69) is 0 Å². The molecule has 0 aliphatic carbocycles. The van der Waals surface area contributed by atoms with Crippen LogP contribution in [0.5, 0.6) is 5.75 Å². The minimum absolute atomic E-state index is 0.00840. The van der Waals surface area contributed by atoms with Crippen LogP contribution < -0.4 is 4.74 Å². The van der Waals surface area contributed by atoms with Gasteiger partial charge in [0.1, 0.15) is 5.75 Å². The van der Waals surface area contributed by atoms with Crippen LogP contribution in [0.1, 0.15) is 5.56 Å². The highest BCUT2D eigenvalue weighted by molar-refractivity contribution is 5.76. The molecule has 0 heterocycles. The average molecular weight is 331 g/mol. The van der Waals surface area contributed by atoms with Crippen LogP contribution in [0.15, 0.2) is 54.6 Å². The number of nitrogens with zero attached hydrogens (tertiary/aromatic N) is 1. The SMILES string of the molecule is O=C(Oc1ccc([N+](=O)[O-])cc1)O[C@@H](Cc1ccccc1)C(=O)O. The van der Waals surface area contributed by atoms with Crippen LogP contribution >= 0.6 is 0 Å². The Kier molecular flexibility index (Phi) is 5.45. The first-order valence-corrected chi connectivity index (χ1v) is 6.85. The third kappa shape index (κ3) is 4.80. The first-order valence-electron chi connectivity index (χ1n) is 6.85. The van der Waals surface area contributed by atoms with Crippen LogP contribution in [0.2, 0.25) is 0 Å². The summed E-state index contributed by atoms with van der Waals surface area (Å²) in [6.07, 6.45) is -2.61. The van der Waals surface area contributed by atoms with Crippen molar-refractivity contribution in [1.29, 1.82) is 0 Å². The summed E-state index contributed by atoms with van der Waals surface area (Å²) < 4.78 is 9.62. The standard InChI is InChI=1S/C16H13NO7/c18-15(19)14(10-11-4-2-1-3-5-11)24-16(20)23-13-8-6-12(7-9-13)17(21)22/h1-9,14H,10H2,(H,18,19)/t14-/m0/s1. The van der Waals surface area contributed by atoms with Crippen molar-refractivity contribution in [3.8, 4) is 5.75 Å². The molecule has 1 atom stereocenters. The quantitative estimate of drug-likeness (QED) is 0.374. The summed E-state index contributed by atoms with van der Waals surface area (Å²) in [6, 6.07) is 13.4. The Bertz CT molecular complexity index is 728. The molecule has 0 unspecified atom stereocenters. The molecule has 8 heteroatoms. The van der Waals surface area contributed by atoms with Crippen molar-refractivity contribution in [3.05, 3.63) is 70.3 Å². The molecule has 0 bridgehead atoms. The molecule has 0 fully saturated rings. The van der Waals surface area contributed by atoms with E-state index < -0.39 is 23.2 Å². The Balaban J connectivity index is 1.97. The number of rotatable bonds is 6. The van der Waals surface area contributed by atoms with Gasteiger partial charge in [-0.05, 0) is 17.7 Å². The Labute approximate surface area is 136 Å². The number of hydrogen-bond donors (Lipinski definition) is 1. The van der Waals surface area contributed by atoms with Gasteiger partial charge < -0.3 is 14.6 Å². The monoisotopic (exact) mass is 331 g/mol. The third-order valence-electron chi connectivity index (χ3n) is 3.03. The molecule has 24 heavy (non-hydrogen) atoms. The van der Waals surface area contributed by atoms with Crippen molar-refractivity contribution < 1.29 is 29.1 Å². The number of nitro benzene ring substituents is 1. The summed E-state index contributed by atoms with van der Waals surface area (Å²) in [5.41, 5.74) is 0.524. The van der Waals surface area contributed by atoms with Gasteiger partial charge in [0, 0.05) is 18.6 Å². The number of carbonyl (C=O) groups is 2. The zero-order valence-corrected chi connectivity index (χ0v) is 12.3. The lowest BCUT2D eigenvalue weighted by Crippen LogP contribution is -2.30. The zero-order chi connectivity index (χ0) is 17.5. The minimum atomic E-state index is -1.40. The van der Waals surface area contributed by atoms with Gasteiger partial charge in [0.2, 0.25) is 6.10 Å². The van der Waals surface area contributed by atoms with E-state index in [1.165, 1.54) is 12.1 Å². The molecule has 0 radical (unpaired) electrons. The van der Waals surface area contributed by atoms with E-state index in [0.29, 0.717) is 5.56 Å². The second kappa shape index (κ2) is 7.73. The molecule has 0 saturated heterocycles. The van der Waals surface area contributed by atoms with Crippen molar-refractivity contribution in [2.45, 2.75) is 12.5 Å². The first kappa shape index (κ1) is 16.9. The molecule has 0 aliphatic rings. The van der Waals surface area contributed by atoms with Crippen molar-refractivity contribution >= 4 is 17.8 Å². The Morgan fingerprint density at radius 2 is 1.71 bits per heavy atom. The summed E-state index contributed by atoms with van der Waals surface area (Å²) in [5, 5.41) is 19.7. The Hall–Kier alpha value is -3.42. The number of carboxylic acid groups (broad SMARTS) is 1. The molecule has 0 spiro atoms. The van der Waals surface area contributed by atoms with E-state index in [9.17, 15) is 19.7 Å². The van der Waals surface area contributed by atoms with Crippen molar-refractivity contribution in [3.63, 3.8) is 0 Å². The Morgan fingerprint density at radius 3 is 2.25 bits per heavy atom. The van der Waals surface area contributed by atoms with E-state index in [1.807, 2.05) is 0 Å². The van der Waals surface area contributed by atoms with Crippen LogP contribution in [0.3, 0.4) is 0 Å². The third-order valence-corrected chi connectivity index (χ3v) is 3.03. The van der Waals surface area contributed by atoms with E-state index in [1.54, 1.807) is 30.3 Å². The van der Waals surface area contributed by atoms with Crippen LogP contribution in [-0.4, -0.2) is 28.3 Å². The molecule has 0 aliphatic heterocycles. The summed E-state index contributed by atoms with van der Waals surface area (Å²) in [7, 11) is 0. The molecule has 1 N–H and O–H groups in total. The number of carboxylic acids is 1. The Morgan fingerprint density at radius 1 is 1.08 bits per heavy atom. The van der Waals surface area contributed by atoms with Gasteiger partial charge in [0.25, 0.3) is 5.69 Å². The lowest BCUT2D eigenvalue weighted by atomic mass is 10.1. The van der Waals surface area contributed by atoms with Crippen molar-refractivity contribution in [2.24, 2.45) is 0 Å². The van der Waals surface area contributed by atoms with Gasteiger partial charge in [0.15, 0.2) is 0 Å². The highest BCUT2D eigenvalue weighted by atomic mass is 16.7. The fourth-order valence-corrected chi connectivity index (χ4v) is 1.88. The predicted molar refractivity (Wildman–Crippen MR) is 81.8 cm³/mol. The number of ether oxygens (including phenoxy) is 2. The lowest BCUT2D eigenvalue weighted by Gasteiger charge is -2.13. The minimum Gasteiger partial charge on any atom is -0.478 e. The second-order valence-electron chi connectivity index (χ2n) is 4.74.